The summed E-state index contributed by atoms with van der Waals surface area (Å²) in [6, 6.07) is 3.95. The van der Waals surface area contributed by atoms with Crippen LogP contribution in [0.3, 0.4) is 0 Å². The molecule has 0 saturated heterocycles. The third kappa shape index (κ3) is 3.79. The minimum absolute atomic E-state index is 0.624. The van der Waals surface area contributed by atoms with E-state index >= 15 is 0 Å². The maximum absolute atomic E-state index is 5.84. The number of pyridine rings is 1. The smallest absolute Gasteiger partial charge is 0.127 e. The molecule has 0 fully saturated rings. The van der Waals surface area contributed by atoms with Gasteiger partial charge in [-0.2, -0.15) is 0 Å². The highest BCUT2D eigenvalue weighted by atomic mass is 15.1. The van der Waals surface area contributed by atoms with Crippen molar-refractivity contribution in [3.63, 3.8) is 0 Å². The first-order valence-corrected chi connectivity index (χ1v) is 6.51. The molecule has 2 rings (SSSR count). The van der Waals surface area contributed by atoms with Crippen LogP contribution in [-0.2, 0) is 20.0 Å². The number of aryl methyl sites for hydroxylation is 2. The largest absolute Gasteiger partial charge is 0.383 e. The third-order valence-corrected chi connectivity index (χ3v) is 3.23. The van der Waals surface area contributed by atoms with Crippen LogP contribution in [0.25, 0.3) is 0 Å². The topological polar surface area (TPSA) is 60.0 Å². The SMILES string of the molecule is CN(CCCc1nccn1C)Cc1cccnc1N. The second kappa shape index (κ2) is 6.33. The number of anilines is 1. The fourth-order valence-electron chi connectivity index (χ4n) is 2.10. The molecule has 19 heavy (non-hydrogen) atoms. The maximum atomic E-state index is 5.84. The van der Waals surface area contributed by atoms with Crippen LogP contribution in [0.4, 0.5) is 5.82 Å². The summed E-state index contributed by atoms with van der Waals surface area (Å²) in [5.74, 6) is 1.76. The molecule has 0 atom stereocenters. The van der Waals surface area contributed by atoms with Gasteiger partial charge in [-0.15, -0.1) is 0 Å². The minimum Gasteiger partial charge on any atom is -0.383 e. The number of imidazole rings is 1. The summed E-state index contributed by atoms with van der Waals surface area (Å²) >= 11 is 0. The minimum atomic E-state index is 0.624. The van der Waals surface area contributed by atoms with E-state index < -0.39 is 0 Å². The first-order chi connectivity index (χ1) is 9.16. The fraction of sp³-hybridized carbons (Fsp3) is 0.429. The van der Waals surface area contributed by atoms with Crippen molar-refractivity contribution in [3.8, 4) is 0 Å². The normalized spacial score (nSPS) is 11.1. The van der Waals surface area contributed by atoms with Gasteiger partial charge in [-0.25, -0.2) is 9.97 Å². The van der Waals surface area contributed by atoms with Crippen LogP contribution in [0.5, 0.6) is 0 Å². The molecule has 2 N–H and O–H groups in total. The lowest BCUT2D eigenvalue weighted by Crippen LogP contribution is -2.20. The third-order valence-electron chi connectivity index (χ3n) is 3.23. The predicted molar refractivity (Wildman–Crippen MR) is 76.5 cm³/mol. The summed E-state index contributed by atoms with van der Waals surface area (Å²) in [7, 11) is 4.13. The van der Waals surface area contributed by atoms with Crippen LogP contribution in [0.1, 0.15) is 17.8 Å². The van der Waals surface area contributed by atoms with E-state index in [-0.39, 0.29) is 0 Å². The molecule has 0 unspecified atom stereocenters. The predicted octanol–water partition coefficient (Wildman–Crippen LogP) is 1.46. The number of hydrogen-bond donors (Lipinski definition) is 1. The Labute approximate surface area is 114 Å². The summed E-state index contributed by atoms with van der Waals surface area (Å²) in [5, 5.41) is 0. The highest BCUT2D eigenvalue weighted by molar-refractivity contribution is 5.38. The molecule has 0 spiro atoms. The van der Waals surface area contributed by atoms with Crippen LogP contribution in [0.15, 0.2) is 30.7 Å². The Morgan fingerprint density at radius 1 is 1.32 bits per heavy atom. The van der Waals surface area contributed by atoms with Gasteiger partial charge in [-0.1, -0.05) is 6.07 Å². The van der Waals surface area contributed by atoms with E-state index in [2.05, 4.69) is 26.5 Å². The zero-order valence-electron chi connectivity index (χ0n) is 11.6. The van der Waals surface area contributed by atoms with Gasteiger partial charge in [-0.3, -0.25) is 0 Å². The van der Waals surface area contributed by atoms with Crippen molar-refractivity contribution in [2.75, 3.05) is 19.3 Å². The standard InChI is InChI=1S/C14H21N5/c1-18(11-12-5-3-7-17-14(12)15)9-4-6-13-16-8-10-19(13)2/h3,5,7-8,10H,4,6,9,11H2,1-2H3,(H2,15,17). The molecule has 2 aromatic rings. The molecule has 0 aromatic carbocycles. The Bertz CT molecular complexity index is 520. The molecule has 0 amide bonds. The summed E-state index contributed by atoms with van der Waals surface area (Å²) in [5.41, 5.74) is 6.93. The number of nitrogen functional groups attached to an aromatic ring is 1. The zero-order chi connectivity index (χ0) is 13.7. The molecule has 0 saturated carbocycles. The highest BCUT2D eigenvalue weighted by Crippen LogP contribution is 2.10. The molecule has 5 nitrogen and oxygen atoms in total. The van der Waals surface area contributed by atoms with Crippen molar-refractivity contribution in [2.45, 2.75) is 19.4 Å². The summed E-state index contributed by atoms with van der Waals surface area (Å²) in [4.78, 5) is 10.7. The maximum Gasteiger partial charge on any atom is 0.127 e. The Balaban J connectivity index is 1.78. The quantitative estimate of drug-likeness (QED) is 0.853. The van der Waals surface area contributed by atoms with E-state index in [9.17, 15) is 0 Å². The van der Waals surface area contributed by atoms with Crippen LogP contribution in [-0.4, -0.2) is 33.0 Å². The number of nitrogens with zero attached hydrogens (tertiary/aromatic N) is 4. The Morgan fingerprint density at radius 3 is 2.84 bits per heavy atom. The fourth-order valence-corrected chi connectivity index (χ4v) is 2.10. The highest BCUT2D eigenvalue weighted by Gasteiger charge is 2.05. The lowest BCUT2D eigenvalue weighted by atomic mass is 10.2. The van der Waals surface area contributed by atoms with Gasteiger partial charge in [0.2, 0.25) is 0 Å². The monoisotopic (exact) mass is 259 g/mol. The van der Waals surface area contributed by atoms with Gasteiger partial charge in [0.25, 0.3) is 0 Å². The molecule has 2 heterocycles. The number of aromatic nitrogens is 3. The molecular formula is C14H21N5. The van der Waals surface area contributed by atoms with Crippen molar-refractivity contribution in [2.24, 2.45) is 7.05 Å². The molecule has 0 bridgehead atoms. The summed E-state index contributed by atoms with van der Waals surface area (Å²) in [6.45, 7) is 1.85. The van der Waals surface area contributed by atoms with E-state index in [0.717, 1.165) is 37.3 Å². The van der Waals surface area contributed by atoms with Gasteiger partial charge in [0.15, 0.2) is 0 Å². The molecular weight excluding hydrogens is 238 g/mol. The van der Waals surface area contributed by atoms with Gasteiger partial charge in [-0.05, 0) is 26.1 Å². The van der Waals surface area contributed by atoms with Crippen LogP contribution in [0.2, 0.25) is 0 Å². The van der Waals surface area contributed by atoms with Crippen LogP contribution in [0, 0.1) is 0 Å². The lowest BCUT2D eigenvalue weighted by Gasteiger charge is -2.17. The van der Waals surface area contributed by atoms with E-state index in [1.165, 1.54) is 0 Å². The van der Waals surface area contributed by atoms with E-state index in [1.807, 2.05) is 31.6 Å². The second-order valence-electron chi connectivity index (χ2n) is 4.84. The van der Waals surface area contributed by atoms with Gasteiger partial charge in [0.05, 0.1) is 0 Å². The molecule has 0 aliphatic heterocycles. The first-order valence-electron chi connectivity index (χ1n) is 6.51. The van der Waals surface area contributed by atoms with Gasteiger partial charge < -0.3 is 15.2 Å². The van der Waals surface area contributed by atoms with Crippen molar-refractivity contribution in [1.82, 2.24) is 19.4 Å². The van der Waals surface area contributed by atoms with Crippen LogP contribution >= 0.6 is 0 Å². The average Bonchev–Trinajstić information content (AvgIpc) is 2.78. The number of hydrogen-bond acceptors (Lipinski definition) is 4. The summed E-state index contributed by atoms with van der Waals surface area (Å²) < 4.78 is 2.07. The van der Waals surface area contributed by atoms with Gasteiger partial charge in [0.1, 0.15) is 11.6 Å². The van der Waals surface area contributed by atoms with Crippen molar-refractivity contribution >= 4 is 5.82 Å². The Kier molecular flexibility index (Phi) is 4.52. The van der Waals surface area contributed by atoms with Crippen molar-refractivity contribution in [3.05, 3.63) is 42.1 Å². The number of nitrogens with two attached hydrogens (primary N) is 1. The Morgan fingerprint density at radius 2 is 2.16 bits per heavy atom. The van der Waals surface area contributed by atoms with Crippen LogP contribution < -0.4 is 5.73 Å². The van der Waals surface area contributed by atoms with Gasteiger partial charge in [0, 0.05) is 44.2 Å². The molecule has 0 radical (unpaired) electrons. The summed E-state index contributed by atoms with van der Waals surface area (Å²) in [6.07, 6.45) is 7.63. The average molecular weight is 259 g/mol. The molecule has 2 aromatic heterocycles. The first kappa shape index (κ1) is 13.5. The van der Waals surface area contributed by atoms with E-state index in [1.54, 1.807) is 6.20 Å². The van der Waals surface area contributed by atoms with E-state index in [4.69, 9.17) is 5.73 Å². The number of rotatable bonds is 6. The second-order valence-corrected chi connectivity index (χ2v) is 4.84. The lowest BCUT2D eigenvalue weighted by molar-refractivity contribution is 0.321. The molecule has 0 aliphatic rings. The Hall–Kier alpha value is -1.88. The van der Waals surface area contributed by atoms with Crippen molar-refractivity contribution in [1.29, 1.82) is 0 Å². The van der Waals surface area contributed by atoms with E-state index in [0.29, 0.717) is 5.82 Å². The van der Waals surface area contributed by atoms with Crippen molar-refractivity contribution < 1.29 is 0 Å². The zero-order valence-corrected chi connectivity index (χ0v) is 11.6. The van der Waals surface area contributed by atoms with Gasteiger partial charge >= 0.3 is 0 Å². The molecule has 5 heteroatoms. The molecule has 0 aliphatic carbocycles. The molecule has 102 valence electrons.